The number of phenols is 1. The van der Waals surface area contributed by atoms with Crippen molar-refractivity contribution in [3.05, 3.63) is 113 Å². The fourth-order valence-electron chi connectivity index (χ4n) is 3.91. The average molecular weight is 523 g/mol. The second-order valence-electron chi connectivity index (χ2n) is 9.14. The monoisotopic (exact) mass is 522 g/mol. The Morgan fingerprint density at radius 2 is 1.41 bits per heavy atom. The molecule has 0 unspecified atom stereocenters. The fourth-order valence-corrected chi connectivity index (χ4v) is 3.91. The van der Waals surface area contributed by atoms with Gasteiger partial charge in [-0.3, -0.25) is 9.59 Å². The van der Waals surface area contributed by atoms with Gasteiger partial charge in [0.15, 0.2) is 0 Å². The van der Waals surface area contributed by atoms with Crippen molar-refractivity contribution in [2.45, 2.75) is 26.7 Å². The third-order valence-electron chi connectivity index (χ3n) is 6.16. The zero-order valence-corrected chi connectivity index (χ0v) is 21.9. The number of benzene rings is 4. The predicted molar refractivity (Wildman–Crippen MR) is 152 cm³/mol. The first-order valence-corrected chi connectivity index (χ1v) is 12.7. The third-order valence-corrected chi connectivity index (χ3v) is 6.16. The Bertz CT molecular complexity index is 1490. The summed E-state index contributed by atoms with van der Waals surface area (Å²) < 4.78 is 5.24. The number of carbonyl (C=O) groups is 3. The molecule has 3 N–H and O–H groups in total. The van der Waals surface area contributed by atoms with Crippen molar-refractivity contribution >= 4 is 29.2 Å². The van der Waals surface area contributed by atoms with Crippen LogP contribution in [0.4, 0.5) is 11.4 Å². The average Bonchev–Trinajstić information content (AvgIpc) is 2.95. The molecular weight excluding hydrogens is 492 g/mol. The number of hydrogen-bond donors (Lipinski definition) is 3. The van der Waals surface area contributed by atoms with Crippen molar-refractivity contribution in [1.82, 2.24) is 0 Å². The molecular formula is C32H30N2O5. The summed E-state index contributed by atoms with van der Waals surface area (Å²) in [4.78, 5) is 38.3. The molecule has 0 fully saturated rings. The Morgan fingerprint density at radius 1 is 0.744 bits per heavy atom. The molecule has 0 aliphatic carbocycles. The van der Waals surface area contributed by atoms with Gasteiger partial charge in [0, 0.05) is 22.5 Å². The highest BCUT2D eigenvalue weighted by atomic mass is 16.5. The van der Waals surface area contributed by atoms with Crippen molar-refractivity contribution in [2.75, 3.05) is 17.2 Å². The minimum absolute atomic E-state index is 0.174. The quantitative estimate of drug-likeness (QED) is 0.165. The van der Waals surface area contributed by atoms with Crippen LogP contribution >= 0.6 is 0 Å². The molecule has 0 spiro atoms. The summed E-state index contributed by atoms with van der Waals surface area (Å²) in [7, 11) is 0. The summed E-state index contributed by atoms with van der Waals surface area (Å²) in [6.45, 7) is 4.21. The first-order chi connectivity index (χ1) is 18.8. The van der Waals surface area contributed by atoms with E-state index < -0.39 is 5.97 Å². The largest absolute Gasteiger partial charge is 0.508 e. The standard InChI is InChI=1S/C32H30N2O5/c1-3-4-17-39-32(38)26-10-6-9-25(19-26)30(36)33-27-14-11-21(2)29(20-27)34-31(37)24-8-5-7-23(18-24)22-12-15-28(35)16-13-22/h5-16,18-20,35H,3-4,17H2,1-2H3,(H,33,36)(H,34,37). The lowest BCUT2D eigenvalue weighted by Gasteiger charge is -2.13. The Morgan fingerprint density at radius 3 is 2.15 bits per heavy atom. The van der Waals surface area contributed by atoms with Crippen LogP contribution in [0.2, 0.25) is 0 Å². The van der Waals surface area contributed by atoms with Gasteiger partial charge in [0.05, 0.1) is 12.2 Å². The molecule has 7 heteroatoms. The molecule has 7 nitrogen and oxygen atoms in total. The van der Waals surface area contributed by atoms with Crippen LogP contribution in [-0.4, -0.2) is 29.5 Å². The molecule has 0 saturated heterocycles. The maximum absolute atomic E-state index is 13.1. The van der Waals surface area contributed by atoms with Crippen molar-refractivity contribution in [3.8, 4) is 16.9 Å². The zero-order chi connectivity index (χ0) is 27.8. The van der Waals surface area contributed by atoms with Gasteiger partial charge in [-0.25, -0.2) is 4.79 Å². The van der Waals surface area contributed by atoms with E-state index in [4.69, 9.17) is 4.74 Å². The van der Waals surface area contributed by atoms with Crippen LogP contribution in [0.25, 0.3) is 11.1 Å². The van der Waals surface area contributed by atoms with E-state index in [2.05, 4.69) is 10.6 Å². The number of hydrogen-bond acceptors (Lipinski definition) is 5. The Kier molecular flexibility index (Phi) is 8.74. The van der Waals surface area contributed by atoms with Gasteiger partial charge in [0.1, 0.15) is 5.75 Å². The lowest BCUT2D eigenvalue weighted by atomic mass is 10.0. The molecule has 0 atom stereocenters. The van der Waals surface area contributed by atoms with Gasteiger partial charge in [-0.1, -0.05) is 49.7 Å². The number of aryl methyl sites for hydroxylation is 1. The smallest absolute Gasteiger partial charge is 0.338 e. The Labute approximate surface area is 227 Å². The number of rotatable bonds is 9. The lowest BCUT2D eigenvalue weighted by molar-refractivity contribution is 0.0499. The number of ether oxygens (including phenoxy) is 1. The molecule has 0 aliphatic heterocycles. The van der Waals surface area contributed by atoms with E-state index in [-0.39, 0.29) is 17.6 Å². The van der Waals surface area contributed by atoms with Gasteiger partial charge in [0.2, 0.25) is 0 Å². The van der Waals surface area contributed by atoms with Crippen LogP contribution in [0.5, 0.6) is 5.75 Å². The summed E-state index contributed by atoms with van der Waals surface area (Å²) in [5.41, 5.74) is 4.70. The van der Waals surface area contributed by atoms with E-state index in [1.165, 1.54) is 6.07 Å². The first kappa shape index (κ1) is 27.1. The van der Waals surface area contributed by atoms with Crippen LogP contribution in [0, 0.1) is 6.92 Å². The molecule has 4 aromatic carbocycles. The van der Waals surface area contributed by atoms with Crippen LogP contribution < -0.4 is 10.6 Å². The van der Waals surface area contributed by atoms with Crippen molar-refractivity contribution in [1.29, 1.82) is 0 Å². The lowest BCUT2D eigenvalue weighted by Crippen LogP contribution is -2.15. The van der Waals surface area contributed by atoms with Crippen LogP contribution in [0.1, 0.15) is 56.4 Å². The van der Waals surface area contributed by atoms with Gasteiger partial charge >= 0.3 is 5.97 Å². The third kappa shape index (κ3) is 7.11. The van der Waals surface area contributed by atoms with E-state index in [1.54, 1.807) is 78.9 Å². The summed E-state index contributed by atoms with van der Waals surface area (Å²) in [5, 5.41) is 15.3. The normalized spacial score (nSPS) is 10.5. The number of nitrogens with one attached hydrogen (secondary N) is 2. The van der Waals surface area contributed by atoms with Gasteiger partial charge in [-0.2, -0.15) is 0 Å². The molecule has 198 valence electrons. The summed E-state index contributed by atoms with van der Waals surface area (Å²) in [6, 6.07) is 25.6. The minimum atomic E-state index is -0.465. The highest BCUT2D eigenvalue weighted by Gasteiger charge is 2.14. The topological polar surface area (TPSA) is 105 Å². The molecule has 0 bridgehead atoms. The second-order valence-corrected chi connectivity index (χ2v) is 9.14. The van der Waals surface area contributed by atoms with Crippen LogP contribution in [0.3, 0.4) is 0 Å². The molecule has 0 saturated carbocycles. The number of aromatic hydroxyl groups is 1. The number of amides is 2. The van der Waals surface area contributed by atoms with E-state index in [0.29, 0.717) is 34.7 Å². The first-order valence-electron chi connectivity index (χ1n) is 12.7. The zero-order valence-electron chi connectivity index (χ0n) is 21.9. The molecule has 4 rings (SSSR count). The molecule has 2 amide bonds. The van der Waals surface area contributed by atoms with Gasteiger partial charge in [-0.05, 0) is 84.6 Å². The molecule has 0 aliphatic rings. The summed E-state index contributed by atoms with van der Waals surface area (Å²) >= 11 is 0. The number of unbranched alkanes of at least 4 members (excludes halogenated alkanes) is 1. The van der Waals surface area contributed by atoms with Crippen molar-refractivity contribution < 1.29 is 24.2 Å². The number of phenolic OH excluding ortho intramolecular Hbond substituents is 1. The van der Waals surface area contributed by atoms with Crippen LogP contribution in [0.15, 0.2) is 91.0 Å². The van der Waals surface area contributed by atoms with E-state index in [9.17, 15) is 19.5 Å². The van der Waals surface area contributed by atoms with Crippen molar-refractivity contribution in [3.63, 3.8) is 0 Å². The maximum atomic E-state index is 13.1. The predicted octanol–water partition coefficient (Wildman–Crippen LogP) is 6.83. The minimum Gasteiger partial charge on any atom is -0.508 e. The highest BCUT2D eigenvalue weighted by molar-refractivity contribution is 6.07. The van der Waals surface area contributed by atoms with E-state index in [1.807, 2.05) is 19.9 Å². The molecule has 0 radical (unpaired) electrons. The molecule has 39 heavy (non-hydrogen) atoms. The maximum Gasteiger partial charge on any atom is 0.338 e. The van der Waals surface area contributed by atoms with Crippen molar-refractivity contribution in [2.24, 2.45) is 0 Å². The fraction of sp³-hybridized carbons (Fsp3) is 0.156. The molecule has 4 aromatic rings. The number of esters is 1. The van der Waals surface area contributed by atoms with Gasteiger partial charge in [0.25, 0.3) is 11.8 Å². The van der Waals surface area contributed by atoms with Gasteiger partial charge < -0.3 is 20.5 Å². The highest BCUT2D eigenvalue weighted by Crippen LogP contribution is 2.25. The second kappa shape index (κ2) is 12.6. The Hall–Kier alpha value is -4.91. The molecule has 0 aromatic heterocycles. The molecule has 0 heterocycles. The van der Waals surface area contributed by atoms with Crippen LogP contribution in [-0.2, 0) is 4.74 Å². The van der Waals surface area contributed by atoms with Gasteiger partial charge in [-0.15, -0.1) is 0 Å². The van der Waals surface area contributed by atoms with E-state index in [0.717, 1.165) is 29.5 Å². The summed E-state index contributed by atoms with van der Waals surface area (Å²) in [5.74, 6) is -0.974. The number of anilines is 2. The summed E-state index contributed by atoms with van der Waals surface area (Å²) in [6.07, 6.45) is 1.70. The SMILES string of the molecule is CCCCOC(=O)c1cccc(C(=O)Nc2ccc(C)c(NC(=O)c3cccc(-c4ccc(O)cc4)c3)c2)c1. The number of carbonyl (C=O) groups excluding carboxylic acids is 3. The van der Waals surface area contributed by atoms with E-state index >= 15 is 0 Å². The Balaban J connectivity index is 1.46.